The van der Waals surface area contributed by atoms with Crippen LogP contribution in [0.15, 0.2) is 23.1 Å². The highest BCUT2D eigenvalue weighted by Crippen LogP contribution is 2.32. The number of likely N-dealkylation sites (N-methyl/N-ethyl adjacent to an activating group) is 1. The highest BCUT2D eigenvalue weighted by atomic mass is 32.2. The number of carbonyl (C=O) groups excluding carboxylic acids is 1. The van der Waals surface area contributed by atoms with Crippen molar-refractivity contribution in [1.82, 2.24) is 9.62 Å². The molecule has 1 N–H and O–H groups in total. The first-order valence-electron chi connectivity index (χ1n) is 8.58. The van der Waals surface area contributed by atoms with Crippen molar-refractivity contribution < 1.29 is 18.1 Å². The number of rotatable bonds is 7. The summed E-state index contributed by atoms with van der Waals surface area (Å²) in [5.74, 6) is -0.196. The maximum absolute atomic E-state index is 13.0. The third-order valence-corrected chi connectivity index (χ3v) is 6.50. The Labute approximate surface area is 152 Å². The van der Waals surface area contributed by atoms with E-state index in [2.05, 4.69) is 5.32 Å². The van der Waals surface area contributed by atoms with Gasteiger partial charge in [-0.25, -0.2) is 8.42 Å². The number of nitro benzene ring substituents is 1. The first kappa shape index (κ1) is 18.6. The largest absolute Gasteiger partial charge is 0.364 e. The van der Waals surface area contributed by atoms with E-state index in [0.717, 1.165) is 31.7 Å². The molecule has 1 saturated heterocycles. The van der Waals surface area contributed by atoms with E-state index in [9.17, 15) is 23.3 Å². The Morgan fingerprint density at radius 1 is 1.35 bits per heavy atom. The zero-order valence-corrected chi connectivity index (χ0v) is 15.4. The fourth-order valence-corrected chi connectivity index (χ4v) is 4.78. The molecular weight excluding hydrogens is 360 g/mol. The van der Waals surface area contributed by atoms with Crippen LogP contribution >= 0.6 is 0 Å². The predicted molar refractivity (Wildman–Crippen MR) is 95.5 cm³/mol. The molecule has 0 spiro atoms. The van der Waals surface area contributed by atoms with Crippen LogP contribution in [-0.2, 0) is 14.8 Å². The highest BCUT2D eigenvalue weighted by molar-refractivity contribution is 7.89. The third-order valence-electron chi connectivity index (χ3n) is 4.57. The van der Waals surface area contributed by atoms with Gasteiger partial charge in [-0.15, -0.1) is 0 Å². The third kappa shape index (κ3) is 3.96. The van der Waals surface area contributed by atoms with E-state index >= 15 is 0 Å². The lowest BCUT2D eigenvalue weighted by atomic mass is 10.2. The first-order chi connectivity index (χ1) is 12.3. The molecule has 2 fully saturated rings. The van der Waals surface area contributed by atoms with Crippen LogP contribution in [-0.4, -0.2) is 56.3 Å². The van der Waals surface area contributed by atoms with Gasteiger partial charge in [0.05, 0.1) is 17.2 Å². The second-order valence-corrected chi connectivity index (χ2v) is 8.62. The minimum absolute atomic E-state index is 0.0170. The Kier molecular flexibility index (Phi) is 5.15. The van der Waals surface area contributed by atoms with Crippen molar-refractivity contribution >= 4 is 27.3 Å². The van der Waals surface area contributed by atoms with Gasteiger partial charge in [0.15, 0.2) is 0 Å². The van der Waals surface area contributed by atoms with Crippen LogP contribution in [0.1, 0.15) is 25.7 Å². The van der Waals surface area contributed by atoms with Gasteiger partial charge in [-0.05, 0) is 31.7 Å². The Morgan fingerprint density at radius 3 is 2.58 bits per heavy atom. The molecule has 1 aliphatic carbocycles. The number of nitrogens with one attached hydrogen (secondary N) is 1. The van der Waals surface area contributed by atoms with Crippen LogP contribution in [0.25, 0.3) is 0 Å². The van der Waals surface area contributed by atoms with Crippen LogP contribution in [0.5, 0.6) is 0 Å². The van der Waals surface area contributed by atoms with Gasteiger partial charge in [0, 0.05) is 38.3 Å². The number of carbonyl (C=O) groups is 1. The molecule has 2 aliphatic rings. The van der Waals surface area contributed by atoms with Gasteiger partial charge in [0.2, 0.25) is 15.9 Å². The van der Waals surface area contributed by atoms with Crippen molar-refractivity contribution in [2.45, 2.75) is 36.6 Å². The zero-order valence-electron chi connectivity index (χ0n) is 14.6. The molecule has 142 valence electrons. The van der Waals surface area contributed by atoms with Crippen molar-refractivity contribution in [2.75, 3.05) is 31.6 Å². The Morgan fingerprint density at radius 2 is 2.00 bits per heavy atom. The fourth-order valence-electron chi connectivity index (χ4n) is 3.01. The van der Waals surface area contributed by atoms with Crippen LogP contribution in [0.4, 0.5) is 11.4 Å². The lowest BCUT2D eigenvalue weighted by Crippen LogP contribution is -2.37. The lowest BCUT2D eigenvalue weighted by Gasteiger charge is -2.24. The molecular formula is C16H22N4O5S. The van der Waals surface area contributed by atoms with Crippen molar-refractivity contribution in [3.05, 3.63) is 28.3 Å². The molecule has 1 amide bonds. The molecule has 26 heavy (non-hydrogen) atoms. The summed E-state index contributed by atoms with van der Waals surface area (Å²) in [6.45, 7) is 0.781. The van der Waals surface area contributed by atoms with Crippen molar-refractivity contribution in [3.8, 4) is 0 Å². The molecule has 1 saturated carbocycles. The summed E-state index contributed by atoms with van der Waals surface area (Å²) in [4.78, 5) is 23.9. The monoisotopic (exact) mass is 382 g/mol. The average molecular weight is 382 g/mol. The Hall–Kier alpha value is -2.20. The number of hydrogen-bond donors (Lipinski definition) is 1. The van der Waals surface area contributed by atoms with Crippen molar-refractivity contribution in [1.29, 1.82) is 0 Å². The second-order valence-electron chi connectivity index (χ2n) is 6.72. The summed E-state index contributed by atoms with van der Waals surface area (Å²) in [7, 11) is -2.25. The summed E-state index contributed by atoms with van der Waals surface area (Å²) in [6, 6.07) is 3.94. The second kappa shape index (κ2) is 7.20. The minimum atomic E-state index is -3.86. The number of non-ortho nitro benzene ring substituents is 1. The summed E-state index contributed by atoms with van der Waals surface area (Å²) in [5, 5.41) is 14.0. The fraction of sp³-hybridized carbons (Fsp3) is 0.562. The zero-order chi connectivity index (χ0) is 18.9. The lowest BCUT2D eigenvalue weighted by molar-refractivity contribution is -0.385. The van der Waals surface area contributed by atoms with E-state index in [1.807, 2.05) is 0 Å². The minimum Gasteiger partial charge on any atom is -0.364 e. The number of nitrogens with zero attached hydrogens (tertiary/aromatic N) is 3. The van der Waals surface area contributed by atoms with Gasteiger partial charge in [0.25, 0.3) is 5.69 Å². The number of anilines is 1. The maximum Gasteiger partial charge on any atom is 0.270 e. The van der Waals surface area contributed by atoms with E-state index < -0.39 is 14.9 Å². The molecule has 3 rings (SSSR count). The number of benzene rings is 1. The maximum atomic E-state index is 13.0. The van der Waals surface area contributed by atoms with E-state index in [0.29, 0.717) is 13.1 Å². The Bertz CT molecular complexity index is 816. The van der Waals surface area contributed by atoms with Crippen LogP contribution < -0.4 is 10.2 Å². The van der Waals surface area contributed by atoms with E-state index in [4.69, 9.17) is 0 Å². The molecule has 9 nitrogen and oxygen atoms in total. The molecule has 0 atom stereocenters. The average Bonchev–Trinajstić information content (AvgIpc) is 3.21. The van der Waals surface area contributed by atoms with Gasteiger partial charge < -0.3 is 10.2 Å². The van der Waals surface area contributed by atoms with Crippen LogP contribution in [0, 0.1) is 10.1 Å². The number of amides is 1. The molecule has 1 aliphatic heterocycles. The predicted octanol–water partition coefficient (Wildman–Crippen LogP) is 1.09. The van der Waals surface area contributed by atoms with Gasteiger partial charge in [-0.2, -0.15) is 4.31 Å². The van der Waals surface area contributed by atoms with Gasteiger partial charge in [0.1, 0.15) is 4.90 Å². The molecule has 1 aromatic carbocycles. The van der Waals surface area contributed by atoms with E-state index in [1.165, 1.54) is 21.3 Å². The highest BCUT2D eigenvalue weighted by Gasteiger charge is 2.32. The molecule has 0 radical (unpaired) electrons. The Balaban J connectivity index is 1.92. The summed E-state index contributed by atoms with van der Waals surface area (Å²) < 4.78 is 27.3. The summed E-state index contributed by atoms with van der Waals surface area (Å²) >= 11 is 0. The standard InChI is InChI=1S/C16H22N4O5S/c1-18(11-16(21)17-12-4-5-12)14-7-6-13(20(22)23)10-15(14)26(24,25)19-8-2-3-9-19/h6-7,10,12H,2-5,8-9,11H2,1H3,(H,17,21). The van der Waals surface area contributed by atoms with Crippen LogP contribution in [0.3, 0.4) is 0 Å². The van der Waals surface area contributed by atoms with E-state index in [1.54, 1.807) is 7.05 Å². The molecule has 0 bridgehead atoms. The van der Waals surface area contributed by atoms with Gasteiger partial charge in [-0.3, -0.25) is 14.9 Å². The van der Waals surface area contributed by atoms with Crippen molar-refractivity contribution in [2.24, 2.45) is 0 Å². The van der Waals surface area contributed by atoms with Crippen molar-refractivity contribution in [3.63, 3.8) is 0 Å². The normalized spacial score (nSPS) is 17.9. The summed E-state index contributed by atoms with van der Waals surface area (Å²) in [6.07, 6.45) is 3.45. The summed E-state index contributed by atoms with van der Waals surface area (Å²) in [5.41, 5.74) is -0.00389. The smallest absolute Gasteiger partial charge is 0.270 e. The number of sulfonamides is 1. The number of nitro groups is 1. The molecule has 1 heterocycles. The topological polar surface area (TPSA) is 113 Å². The van der Waals surface area contributed by atoms with Gasteiger partial charge >= 0.3 is 0 Å². The molecule has 10 heteroatoms. The first-order valence-corrected chi connectivity index (χ1v) is 10.0. The molecule has 0 unspecified atom stereocenters. The van der Waals surface area contributed by atoms with Crippen LogP contribution in [0.2, 0.25) is 0 Å². The number of hydrogen-bond acceptors (Lipinski definition) is 6. The van der Waals surface area contributed by atoms with Gasteiger partial charge in [-0.1, -0.05) is 0 Å². The van der Waals surface area contributed by atoms with E-state index in [-0.39, 0.29) is 34.8 Å². The quantitative estimate of drug-likeness (QED) is 0.558. The SMILES string of the molecule is CN(CC(=O)NC1CC1)c1ccc([N+](=O)[O-])cc1S(=O)(=O)N1CCCC1. The molecule has 0 aromatic heterocycles. The molecule has 1 aromatic rings.